The van der Waals surface area contributed by atoms with E-state index in [1.165, 1.54) is 0 Å². The third kappa shape index (κ3) is 2.97. The Balaban J connectivity index is 2.40. The SMILES string of the molecule is C=CCN(CC=C)Cn1c(=O)oc2ccc(Cl)cc21. The van der Waals surface area contributed by atoms with Gasteiger partial charge in [0.2, 0.25) is 0 Å². The molecule has 0 aliphatic rings. The molecule has 19 heavy (non-hydrogen) atoms. The Morgan fingerprint density at radius 3 is 2.63 bits per heavy atom. The average molecular weight is 279 g/mol. The summed E-state index contributed by atoms with van der Waals surface area (Å²) in [7, 11) is 0. The fourth-order valence-electron chi connectivity index (χ4n) is 1.92. The Kier molecular flexibility index (Phi) is 4.24. The highest BCUT2D eigenvalue weighted by Crippen LogP contribution is 2.18. The van der Waals surface area contributed by atoms with Crippen LogP contribution in [0, 0.1) is 0 Å². The first kappa shape index (κ1) is 13.6. The molecule has 1 aromatic carbocycles. The largest absolute Gasteiger partial charge is 0.421 e. The van der Waals surface area contributed by atoms with Crippen LogP contribution >= 0.6 is 11.6 Å². The Bertz CT molecular complexity index is 647. The zero-order valence-electron chi connectivity index (χ0n) is 10.5. The van der Waals surface area contributed by atoms with Crippen LogP contribution in [0.5, 0.6) is 0 Å². The van der Waals surface area contributed by atoms with E-state index in [0.717, 1.165) is 0 Å². The van der Waals surface area contributed by atoms with Crippen LogP contribution in [0.3, 0.4) is 0 Å². The van der Waals surface area contributed by atoms with Gasteiger partial charge in [-0.1, -0.05) is 23.8 Å². The predicted octanol–water partition coefficient (Wildman–Crippen LogP) is 2.88. The molecule has 0 radical (unpaired) electrons. The zero-order valence-corrected chi connectivity index (χ0v) is 11.3. The molecule has 0 saturated heterocycles. The molecule has 0 aliphatic heterocycles. The third-order valence-corrected chi connectivity index (χ3v) is 2.98. The van der Waals surface area contributed by atoms with Crippen molar-refractivity contribution in [3.05, 3.63) is 59.1 Å². The first-order valence-electron chi connectivity index (χ1n) is 5.88. The number of hydrogen-bond acceptors (Lipinski definition) is 3. The van der Waals surface area contributed by atoms with E-state index in [4.69, 9.17) is 16.0 Å². The van der Waals surface area contributed by atoms with Gasteiger partial charge in [-0.3, -0.25) is 9.47 Å². The minimum Gasteiger partial charge on any atom is -0.408 e. The van der Waals surface area contributed by atoms with E-state index < -0.39 is 5.76 Å². The lowest BCUT2D eigenvalue weighted by atomic mass is 10.3. The molecule has 0 aliphatic carbocycles. The van der Waals surface area contributed by atoms with E-state index in [0.29, 0.717) is 35.9 Å². The van der Waals surface area contributed by atoms with Crippen molar-refractivity contribution in [3.63, 3.8) is 0 Å². The van der Waals surface area contributed by atoms with Crippen molar-refractivity contribution in [1.29, 1.82) is 0 Å². The molecule has 2 rings (SSSR count). The van der Waals surface area contributed by atoms with Gasteiger partial charge < -0.3 is 4.42 Å². The predicted molar refractivity (Wildman–Crippen MR) is 77.5 cm³/mol. The van der Waals surface area contributed by atoms with Gasteiger partial charge in [0.25, 0.3) is 0 Å². The number of benzene rings is 1. The maximum Gasteiger partial charge on any atom is 0.421 e. The Morgan fingerprint density at radius 2 is 2.00 bits per heavy atom. The monoisotopic (exact) mass is 278 g/mol. The molecule has 0 saturated carbocycles. The molecule has 100 valence electrons. The fraction of sp³-hybridized carbons (Fsp3) is 0.214. The summed E-state index contributed by atoms with van der Waals surface area (Å²) in [6, 6.07) is 5.12. The Labute approximate surface area is 116 Å². The molecular weight excluding hydrogens is 264 g/mol. The van der Waals surface area contributed by atoms with Gasteiger partial charge in [0.1, 0.15) is 0 Å². The van der Waals surface area contributed by atoms with Crippen molar-refractivity contribution >= 4 is 22.7 Å². The summed E-state index contributed by atoms with van der Waals surface area (Å²) in [6.07, 6.45) is 3.56. The van der Waals surface area contributed by atoms with Crippen molar-refractivity contribution in [3.8, 4) is 0 Å². The number of nitrogens with zero attached hydrogens (tertiary/aromatic N) is 2. The number of hydrogen-bond donors (Lipinski definition) is 0. The molecule has 4 nitrogen and oxygen atoms in total. The lowest BCUT2D eigenvalue weighted by Crippen LogP contribution is -2.30. The lowest BCUT2D eigenvalue weighted by Gasteiger charge is -2.18. The van der Waals surface area contributed by atoms with E-state index in [9.17, 15) is 4.79 Å². The third-order valence-electron chi connectivity index (χ3n) is 2.75. The molecule has 5 heteroatoms. The number of aromatic nitrogens is 1. The second-order valence-electron chi connectivity index (χ2n) is 4.16. The van der Waals surface area contributed by atoms with Gasteiger partial charge in [0, 0.05) is 18.1 Å². The molecule has 1 aromatic heterocycles. The molecule has 0 atom stereocenters. The van der Waals surface area contributed by atoms with Crippen LogP contribution < -0.4 is 5.76 Å². The minimum atomic E-state index is -0.393. The number of halogens is 1. The zero-order chi connectivity index (χ0) is 13.8. The summed E-state index contributed by atoms with van der Waals surface area (Å²) in [5.74, 6) is -0.393. The highest BCUT2D eigenvalue weighted by Gasteiger charge is 2.12. The summed E-state index contributed by atoms with van der Waals surface area (Å²) < 4.78 is 6.73. The molecular formula is C14H15ClN2O2. The molecule has 0 N–H and O–H groups in total. The quantitative estimate of drug-likeness (QED) is 0.763. The van der Waals surface area contributed by atoms with Crippen molar-refractivity contribution < 1.29 is 4.42 Å². The van der Waals surface area contributed by atoms with Crippen LogP contribution in [0.4, 0.5) is 0 Å². The van der Waals surface area contributed by atoms with Gasteiger partial charge in [0.05, 0.1) is 12.2 Å². The van der Waals surface area contributed by atoms with Gasteiger partial charge >= 0.3 is 5.76 Å². The Morgan fingerprint density at radius 1 is 1.32 bits per heavy atom. The van der Waals surface area contributed by atoms with E-state index in [1.54, 1.807) is 34.9 Å². The number of rotatable bonds is 6. The van der Waals surface area contributed by atoms with Crippen LogP contribution in [-0.2, 0) is 6.67 Å². The van der Waals surface area contributed by atoms with E-state index in [1.807, 2.05) is 4.90 Å². The smallest absolute Gasteiger partial charge is 0.408 e. The molecule has 0 bridgehead atoms. The van der Waals surface area contributed by atoms with Crippen LogP contribution in [0.1, 0.15) is 0 Å². The lowest BCUT2D eigenvalue weighted by molar-refractivity contribution is 0.260. The summed E-state index contributed by atoms with van der Waals surface area (Å²) in [5, 5.41) is 0.570. The van der Waals surface area contributed by atoms with Gasteiger partial charge in [-0.2, -0.15) is 0 Å². The minimum absolute atomic E-state index is 0.393. The van der Waals surface area contributed by atoms with Crippen LogP contribution in [0.2, 0.25) is 5.02 Å². The molecule has 2 aromatic rings. The molecule has 0 spiro atoms. The normalized spacial score (nSPS) is 11.1. The molecule has 0 amide bonds. The second-order valence-corrected chi connectivity index (χ2v) is 4.60. The standard InChI is InChI=1S/C14H15ClN2O2/c1-3-7-16(8-4-2)10-17-12-9-11(15)5-6-13(12)19-14(17)18/h3-6,9H,1-2,7-8,10H2. The van der Waals surface area contributed by atoms with Crippen LogP contribution in [-0.4, -0.2) is 22.6 Å². The Hall–Kier alpha value is -1.78. The van der Waals surface area contributed by atoms with E-state index in [-0.39, 0.29) is 0 Å². The summed E-state index contributed by atoms with van der Waals surface area (Å²) in [4.78, 5) is 13.9. The van der Waals surface area contributed by atoms with Crippen LogP contribution in [0.15, 0.2) is 52.7 Å². The van der Waals surface area contributed by atoms with Crippen molar-refractivity contribution in [2.75, 3.05) is 13.1 Å². The maximum atomic E-state index is 11.9. The highest BCUT2D eigenvalue weighted by atomic mass is 35.5. The molecule has 0 fully saturated rings. The summed E-state index contributed by atoms with van der Waals surface area (Å²) >= 11 is 5.96. The summed E-state index contributed by atoms with van der Waals surface area (Å²) in [6.45, 7) is 9.13. The molecule has 1 heterocycles. The van der Waals surface area contributed by atoms with Gasteiger partial charge in [0.15, 0.2) is 5.58 Å². The van der Waals surface area contributed by atoms with Gasteiger partial charge in [-0.05, 0) is 18.2 Å². The fourth-order valence-corrected chi connectivity index (χ4v) is 2.09. The van der Waals surface area contributed by atoms with Gasteiger partial charge in [-0.25, -0.2) is 4.79 Å². The van der Waals surface area contributed by atoms with Crippen molar-refractivity contribution in [2.24, 2.45) is 0 Å². The number of fused-ring (bicyclic) bond motifs is 1. The average Bonchev–Trinajstić information content (AvgIpc) is 2.67. The number of oxazole rings is 1. The molecule has 0 unspecified atom stereocenters. The topological polar surface area (TPSA) is 38.4 Å². The van der Waals surface area contributed by atoms with Crippen LogP contribution in [0.25, 0.3) is 11.1 Å². The van der Waals surface area contributed by atoms with Crippen molar-refractivity contribution in [2.45, 2.75) is 6.67 Å². The highest BCUT2D eigenvalue weighted by molar-refractivity contribution is 6.31. The first-order chi connectivity index (χ1) is 9.15. The first-order valence-corrected chi connectivity index (χ1v) is 6.26. The van der Waals surface area contributed by atoms with Crippen molar-refractivity contribution in [1.82, 2.24) is 9.47 Å². The van der Waals surface area contributed by atoms with Gasteiger partial charge in [-0.15, -0.1) is 13.2 Å². The van der Waals surface area contributed by atoms with E-state index >= 15 is 0 Å². The second kappa shape index (κ2) is 5.91. The summed E-state index contributed by atoms with van der Waals surface area (Å²) in [5.41, 5.74) is 1.22. The maximum absolute atomic E-state index is 11.9. The van der Waals surface area contributed by atoms with E-state index in [2.05, 4.69) is 13.2 Å².